The number of nitrogens with one attached hydrogen (secondary N) is 1. The van der Waals surface area contributed by atoms with Crippen molar-refractivity contribution in [2.45, 2.75) is 12.8 Å². The number of nitrogens with zero attached hydrogens (tertiary/aromatic N) is 1. The summed E-state index contributed by atoms with van der Waals surface area (Å²) in [5, 5.41) is 4.63. The number of halogens is 4. The van der Waals surface area contributed by atoms with Gasteiger partial charge in [-0.3, -0.25) is 5.43 Å². The molecule has 0 aliphatic rings. The SMILES string of the molecule is FC(F)(F)c1cccc(N/N=C\c2ccccc2OCc2ccccc2Cl)c1. The summed E-state index contributed by atoms with van der Waals surface area (Å²) in [5.74, 6) is 0.581. The highest BCUT2D eigenvalue weighted by Gasteiger charge is 2.30. The normalized spacial score (nSPS) is 11.6. The highest BCUT2D eigenvalue weighted by molar-refractivity contribution is 6.31. The van der Waals surface area contributed by atoms with Gasteiger partial charge in [-0.15, -0.1) is 0 Å². The molecule has 0 unspecified atom stereocenters. The van der Waals surface area contributed by atoms with Crippen LogP contribution in [0.25, 0.3) is 0 Å². The van der Waals surface area contributed by atoms with Crippen molar-refractivity contribution in [1.29, 1.82) is 0 Å². The molecule has 0 saturated carbocycles. The largest absolute Gasteiger partial charge is 0.488 e. The lowest BCUT2D eigenvalue weighted by molar-refractivity contribution is -0.137. The molecular weight excluding hydrogens is 389 g/mol. The molecule has 3 aromatic carbocycles. The molecular formula is C21H16ClF3N2O. The molecule has 28 heavy (non-hydrogen) atoms. The van der Waals surface area contributed by atoms with Crippen LogP contribution in [0, 0.1) is 0 Å². The van der Waals surface area contributed by atoms with E-state index in [2.05, 4.69) is 10.5 Å². The Labute approximate surface area is 165 Å². The van der Waals surface area contributed by atoms with Gasteiger partial charge in [-0.2, -0.15) is 18.3 Å². The number of rotatable bonds is 6. The average Bonchev–Trinajstić information content (AvgIpc) is 2.68. The standard InChI is InChI=1S/C21H16ClF3N2O/c22-19-10-3-1-7-16(19)14-28-20-11-4-2-6-15(20)13-26-27-18-9-5-8-17(12-18)21(23,24)25/h1-13,27H,14H2/b26-13-. The van der Waals surface area contributed by atoms with Gasteiger partial charge in [0.15, 0.2) is 0 Å². The van der Waals surface area contributed by atoms with Crippen molar-refractivity contribution in [3.05, 3.63) is 94.5 Å². The van der Waals surface area contributed by atoms with Crippen LogP contribution in [-0.4, -0.2) is 6.21 Å². The van der Waals surface area contributed by atoms with Crippen molar-refractivity contribution >= 4 is 23.5 Å². The molecule has 0 atom stereocenters. The van der Waals surface area contributed by atoms with E-state index >= 15 is 0 Å². The van der Waals surface area contributed by atoms with Crippen molar-refractivity contribution in [2.75, 3.05) is 5.43 Å². The lowest BCUT2D eigenvalue weighted by Crippen LogP contribution is -2.05. The number of ether oxygens (including phenoxy) is 1. The molecule has 0 saturated heterocycles. The first-order valence-electron chi connectivity index (χ1n) is 8.35. The van der Waals surface area contributed by atoms with Crippen molar-refractivity contribution in [2.24, 2.45) is 5.10 Å². The maximum absolute atomic E-state index is 12.8. The summed E-state index contributed by atoms with van der Waals surface area (Å²) in [7, 11) is 0. The third-order valence-corrected chi connectivity index (χ3v) is 4.22. The topological polar surface area (TPSA) is 33.6 Å². The molecule has 0 radical (unpaired) electrons. The summed E-state index contributed by atoms with van der Waals surface area (Å²) in [5.41, 5.74) is 3.63. The summed E-state index contributed by atoms with van der Waals surface area (Å²) in [6.45, 7) is 0.283. The van der Waals surface area contributed by atoms with Gasteiger partial charge in [0.25, 0.3) is 0 Å². The molecule has 0 aliphatic heterocycles. The van der Waals surface area contributed by atoms with Gasteiger partial charge in [0, 0.05) is 16.1 Å². The minimum Gasteiger partial charge on any atom is -0.488 e. The monoisotopic (exact) mass is 404 g/mol. The fourth-order valence-electron chi connectivity index (χ4n) is 2.43. The van der Waals surface area contributed by atoms with Crippen LogP contribution in [0.15, 0.2) is 77.9 Å². The van der Waals surface area contributed by atoms with Crippen LogP contribution in [-0.2, 0) is 12.8 Å². The summed E-state index contributed by atoms with van der Waals surface area (Å²) in [6, 6.07) is 19.4. The van der Waals surface area contributed by atoms with E-state index in [1.165, 1.54) is 18.3 Å². The van der Waals surface area contributed by atoms with Crippen molar-refractivity contribution in [3.63, 3.8) is 0 Å². The highest BCUT2D eigenvalue weighted by atomic mass is 35.5. The van der Waals surface area contributed by atoms with Crippen LogP contribution in [0.2, 0.25) is 5.02 Å². The van der Waals surface area contributed by atoms with Gasteiger partial charge < -0.3 is 4.74 Å². The fraction of sp³-hybridized carbons (Fsp3) is 0.0952. The van der Waals surface area contributed by atoms with Gasteiger partial charge in [-0.25, -0.2) is 0 Å². The molecule has 3 rings (SSSR count). The number of hydrogen-bond acceptors (Lipinski definition) is 3. The number of anilines is 1. The first-order valence-corrected chi connectivity index (χ1v) is 8.73. The zero-order valence-electron chi connectivity index (χ0n) is 14.6. The van der Waals surface area contributed by atoms with E-state index in [1.807, 2.05) is 30.3 Å². The number of para-hydroxylation sites is 1. The fourth-order valence-corrected chi connectivity index (χ4v) is 2.62. The number of alkyl halides is 3. The van der Waals surface area contributed by atoms with E-state index in [4.69, 9.17) is 16.3 Å². The zero-order valence-corrected chi connectivity index (χ0v) is 15.3. The lowest BCUT2D eigenvalue weighted by atomic mass is 10.2. The Kier molecular flexibility index (Phi) is 6.21. The minimum atomic E-state index is -4.40. The van der Waals surface area contributed by atoms with E-state index in [9.17, 15) is 13.2 Å². The predicted molar refractivity (Wildman–Crippen MR) is 105 cm³/mol. The van der Waals surface area contributed by atoms with E-state index in [0.717, 1.165) is 17.7 Å². The molecule has 3 aromatic rings. The molecule has 0 spiro atoms. The van der Waals surface area contributed by atoms with E-state index < -0.39 is 11.7 Å². The highest BCUT2D eigenvalue weighted by Crippen LogP contribution is 2.30. The number of benzene rings is 3. The Bertz CT molecular complexity index is 974. The second-order valence-corrected chi connectivity index (χ2v) is 6.27. The Morgan fingerprint density at radius 1 is 0.964 bits per heavy atom. The summed E-state index contributed by atoms with van der Waals surface area (Å²) >= 11 is 6.13. The van der Waals surface area contributed by atoms with Gasteiger partial charge in [-0.1, -0.05) is 48.0 Å². The van der Waals surface area contributed by atoms with Crippen molar-refractivity contribution < 1.29 is 17.9 Å². The van der Waals surface area contributed by atoms with Gasteiger partial charge in [-0.05, 0) is 36.4 Å². The van der Waals surface area contributed by atoms with Gasteiger partial charge in [0.2, 0.25) is 0 Å². The molecule has 1 N–H and O–H groups in total. The van der Waals surface area contributed by atoms with Crippen LogP contribution in [0.3, 0.4) is 0 Å². The van der Waals surface area contributed by atoms with Gasteiger partial charge in [0.1, 0.15) is 12.4 Å². The van der Waals surface area contributed by atoms with Crippen LogP contribution in [0.4, 0.5) is 18.9 Å². The van der Waals surface area contributed by atoms with Crippen LogP contribution >= 0.6 is 11.6 Å². The third kappa shape index (κ3) is 5.27. The third-order valence-electron chi connectivity index (χ3n) is 3.85. The van der Waals surface area contributed by atoms with Crippen LogP contribution in [0.1, 0.15) is 16.7 Å². The lowest BCUT2D eigenvalue weighted by Gasteiger charge is -2.10. The smallest absolute Gasteiger partial charge is 0.416 e. The Morgan fingerprint density at radius 3 is 2.50 bits per heavy atom. The van der Waals surface area contributed by atoms with E-state index in [1.54, 1.807) is 18.2 Å². The van der Waals surface area contributed by atoms with E-state index in [0.29, 0.717) is 16.3 Å². The zero-order chi connectivity index (χ0) is 20.0. The quantitative estimate of drug-likeness (QED) is 0.382. The molecule has 3 nitrogen and oxygen atoms in total. The Morgan fingerprint density at radius 2 is 1.71 bits per heavy atom. The van der Waals surface area contributed by atoms with Crippen LogP contribution in [0.5, 0.6) is 5.75 Å². The molecule has 7 heteroatoms. The van der Waals surface area contributed by atoms with Gasteiger partial charge in [0.05, 0.1) is 17.5 Å². The first kappa shape index (κ1) is 19.8. The maximum atomic E-state index is 12.8. The van der Waals surface area contributed by atoms with E-state index in [-0.39, 0.29) is 12.3 Å². The molecule has 144 valence electrons. The molecule has 0 bridgehead atoms. The first-order chi connectivity index (χ1) is 13.4. The van der Waals surface area contributed by atoms with Crippen molar-refractivity contribution in [1.82, 2.24) is 0 Å². The molecule has 0 heterocycles. The summed E-state index contributed by atoms with van der Waals surface area (Å²) < 4.78 is 44.1. The number of hydrogen-bond donors (Lipinski definition) is 1. The summed E-state index contributed by atoms with van der Waals surface area (Å²) in [6.07, 6.45) is -2.91. The summed E-state index contributed by atoms with van der Waals surface area (Å²) in [4.78, 5) is 0. The molecule has 0 amide bonds. The maximum Gasteiger partial charge on any atom is 0.416 e. The molecule has 0 aromatic heterocycles. The second kappa shape index (κ2) is 8.80. The Balaban J connectivity index is 1.69. The predicted octanol–water partition coefficient (Wildman–Crippen LogP) is 6.38. The molecule has 0 fully saturated rings. The minimum absolute atomic E-state index is 0.237. The molecule has 0 aliphatic carbocycles. The number of hydrazone groups is 1. The van der Waals surface area contributed by atoms with Crippen molar-refractivity contribution in [3.8, 4) is 5.75 Å². The average molecular weight is 405 g/mol. The van der Waals surface area contributed by atoms with Gasteiger partial charge >= 0.3 is 6.18 Å². The van der Waals surface area contributed by atoms with Crippen LogP contribution < -0.4 is 10.2 Å². The Hall–Kier alpha value is -2.99. The second-order valence-electron chi connectivity index (χ2n) is 5.87.